The molecule has 0 radical (unpaired) electrons. The molecule has 2 fully saturated rings. The van der Waals surface area contributed by atoms with Gasteiger partial charge in [0, 0.05) is 35.5 Å². The topological polar surface area (TPSA) is 290 Å². The maximum atomic E-state index is 11.8. The molecular weight excluding hydrogens is 500 g/mol. The fourth-order valence-electron chi connectivity index (χ4n) is 4.17. The lowest BCUT2D eigenvalue weighted by molar-refractivity contribution is -0.292. The van der Waals surface area contributed by atoms with Gasteiger partial charge in [0.15, 0.2) is 18.5 Å². The molecule has 0 aromatic heterocycles. The zero-order chi connectivity index (χ0) is 27.7. The van der Waals surface area contributed by atoms with E-state index in [1.165, 1.54) is 0 Å². The molecular formula is C18H26N10O9. The van der Waals surface area contributed by atoms with Crippen LogP contribution in [0.3, 0.4) is 0 Å². The number of hydrogen-bond donors (Lipinski definition) is 2. The lowest BCUT2D eigenvalue weighted by Gasteiger charge is -2.47. The quantitative estimate of drug-likeness (QED) is 0.139. The van der Waals surface area contributed by atoms with Gasteiger partial charge in [0.05, 0.1) is 30.8 Å². The summed E-state index contributed by atoms with van der Waals surface area (Å²) in [6.45, 7) is 2.88. The van der Waals surface area contributed by atoms with Gasteiger partial charge in [-0.3, -0.25) is 14.4 Å². The summed E-state index contributed by atoms with van der Waals surface area (Å²) in [7, 11) is 0. The van der Waals surface area contributed by atoms with Gasteiger partial charge in [-0.25, -0.2) is 0 Å². The maximum Gasteiger partial charge on any atom is 0.303 e. The first kappa shape index (κ1) is 29.4. The first-order chi connectivity index (χ1) is 17.5. The number of carbonyl (C=O) groups is 3. The van der Waals surface area contributed by atoms with Crippen molar-refractivity contribution in [3.05, 3.63) is 31.3 Å². The number of carbonyl (C=O) groups excluding carboxylic acids is 3. The SMILES string of the molecule is CC(=O)O[C@@H]1[C@@H](N)[C@@H](O[C@H]2[C@H](O)[C@@H](OC(C)=O)[C@H](N=[N+]=[N-])C[C@@H]2N=[N+]=[N-])O[C@H](CN=[N+]=[N-])[C@H]1OC(C)=O. The minimum Gasteiger partial charge on any atom is -0.459 e. The number of rotatable bonds is 9. The molecule has 202 valence electrons. The average Bonchev–Trinajstić information content (AvgIpc) is 2.81. The van der Waals surface area contributed by atoms with Gasteiger partial charge >= 0.3 is 17.9 Å². The standard InChI is InChI=1S/C18H26N10O9/c1-6(29)33-14-9(24-27-21)4-10(25-28-22)15(13(14)32)37-18-12(19)17(35-8(3)31)16(34-7(2)30)11(36-18)5-23-26-20/h9-18,32H,4-5,19H2,1-3H3/t9-,10+,11-,12-,13-,14+,15-,16-,17-,18-/m1/s1. The van der Waals surface area contributed by atoms with Crippen molar-refractivity contribution in [2.75, 3.05) is 6.54 Å². The monoisotopic (exact) mass is 526 g/mol. The molecule has 0 bridgehead atoms. The number of azide groups is 3. The second-order valence-electron chi connectivity index (χ2n) is 8.13. The molecule has 1 saturated heterocycles. The highest BCUT2D eigenvalue weighted by atomic mass is 16.7. The Morgan fingerprint density at radius 2 is 1.41 bits per heavy atom. The van der Waals surface area contributed by atoms with Crippen LogP contribution >= 0.6 is 0 Å². The second-order valence-corrected chi connectivity index (χ2v) is 8.13. The van der Waals surface area contributed by atoms with Gasteiger partial charge < -0.3 is 34.5 Å². The van der Waals surface area contributed by atoms with E-state index >= 15 is 0 Å². The number of esters is 3. The van der Waals surface area contributed by atoms with E-state index in [0.717, 1.165) is 20.8 Å². The molecule has 1 aliphatic carbocycles. The van der Waals surface area contributed by atoms with Gasteiger partial charge in [0.25, 0.3) is 0 Å². The predicted octanol–water partition coefficient (Wildman–Crippen LogP) is 0.652. The molecule has 19 heteroatoms. The molecule has 3 N–H and O–H groups in total. The minimum atomic E-state index is -1.69. The fraction of sp³-hybridized carbons (Fsp3) is 0.833. The van der Waals surface area contributed by atoms with E-state index < -0.39 is 78.9 Å². The molecule has 1 heterocycles. The van der Waals surface area contributed by atoms with Crippen LogP contribution in [0.2, 0.25) is 0 Å². The number of hydrogen-bond acceptors (Lipinski definition) is 13. The number of aliphatic hydroxyl groups is 1. The number of nitrogens with zero attached hydrogens (tertiary/aromatic N) is 9. The van der Waals surface area contributed by atoms with Crippen molar-refractivity contribution in [1.82, 2.24) is 0 Å². The molecule has 19 nitrogen and oxygen atoms in total. The van der Waals surface area contributed by atoms with Gasteiger partial charge in [0.2, 0.25) is 0 Å². The Kier molecular flexibility index (Phi) is 10.7. The van der Waals surface area contributed by atoms with Crippen molar-refractivity contribution in [2.24, 2.45) is 21.1 Å². The summed E-state index contributed by atoms with van der Waals surface area (Å²) in [5.41, 5.74) is 32.9. The van der Waals surface area contributed by atoms with Crippen molar-refractivity contribution in [2.45, 2.75) is 88.2 Å². The number of nitrogens with two attached hydrogens (primary N) is 1. The molecule has 0 unspecified atom stereocenters. The van der Waals surface area contributed by atoms with E-state index in [0.29, 0.717) is 0 Å². The smallest absolute Gasteiger partial charge is 0.303 e. The summed E-state index contributed by atoms with van der Waals surface area (Å²) < 4.78 is 27.3. The van der Waals surface area contributed by atoms with E-state index in [-0.39, 0.29) is 13.0 Å². The lowest BCUT2D eigenvalue weighted by Crippen LogP contribution is -2.66. The zero-order valence-corrected chi connectivity index (χ0v) is 20.0. The molecule has 0 aromatic carbocycles. The summed E-state index contributed by atoms with van der Waals surface area (Å²) >= 11 is 0. The zero-order valence-electron chi connectivity index (χ0n) is 20.0. The maximum absolute atomic E-state index is 11.8. The van der Waals surface area contributed by atoms with Crippen molar-refractivity contribution in [3.63, 3.8) is 0 Å². The summed E-state index contributed by atoms with van der Waals surface area (Å²) in [4.78, 5) is 43.1. The third-order valence-corrected chi connectivity index (χ3v) is 5.53. The van der Waals surface area contributed by atoms with Crippen LogP contribution < -0.4 is 5.73 Å². The van der Waals surface area contributed by atoms with E-state index in [1.54, 1.807) is 0 Å². The molecule has 37 heavy (non-hydrogen) atoms. The van der Waals surface area contributed by atoms with Crippen LogP contribution in [0.1, 0.15) is 27.2 Å². The Morgan fingerprint density at radius 3 is 1.92 bits per heavy atom. The Balaban J connectivity index is 2.45. The van der Waals surface area contributed by atoms with E-state index in [9.17, 15) is 19.5 Å². The highest BCUT2D eigenvalue weighted by Gasteiger charge is 2.52. The number of ether oxygens (including phenoxy) is 5. The van der Waals surface area contributed by atoms with E-state index in [2.05, 4.69) is 30.1 Å². The molecule has 2 aliphatic rings. The third kappa shape index (κ3) is 7.58. The van der Waals surface area contributed by atoms with Crippen molar-refractivity contribution in [1.29, 1.82) is 0 Å². The molecule has 1 saturated carbocycles. The molecule has 0 spiro atoms. The molecule has 0 aromatic rings. The van der Waals surface area contributed by atoms with Gasteiger partial charge in [-0.1, -0.05) is 15.3 Å². The minimum absolute atomic E-state index is 0.179. The summed E-state index contributed by atoms with van der Waals surface area (Å²) in [6.07, 6.45) is -9.97. The van der Waals surface area contributed by atoms with Crippen molar-refractivity contribution in [3.8, 4) is 0 Å². The van der Waals surface area contributed by atoms with Crippen LogP contribution in [0.25, 0.3) is 31.3 Å². The Hall–Kier alpha value is -3.82. The van der Waals surface area contributed by atoms with Crippen LogP contribution in [-0.4, -0.2) is 90.6 Å². The highest BCUT2D eigenvalue weighted by Crippen LogP contribution is 2.34. The molecule has 1 aliphatic heterocycles. The van der Waals surface area contributed by atoms with Crippen LogP contribution in [0, 0.1) is 0 Å². The van der Waals surface area contributed by atoms with Crippen LogP contribution in [0.5, 0.6) is 0 Å². The summed E-state index contributed by atoms with van der Waals surface area (Å²) in [5, 5.41) is 21.5. The van der Waals surface area contributed by atoms with Gasteiger partial charge in [-0.05, 0) is 23.0 Å². The Bertz CT molecular complexity index is 1010. The lowest BCUT2D eigenvalue weighted by atomic mass is 9.84. The van der Waals surface area contributed by atoms with Crippen molar-refractivity contribution >= 4 is 17.9 Å². The first-order valence-corrected chi connectivity index (χ1v) is 10.9. The first-order valence-electron chi connectivity index (χ1n) is 10.9. The van der Waals surface area contributed by atoms with Crippen LogP contribution in [-0.2, 0) is 38.1 Å². The largest absolute Gasteiger partial charge is 0.459 e. The normalized spacial score (nSPS) is 34.9. The average molecular weight is 526 g/mol. The second kappa shape index (κ2) is 13.5. The molecule has 0 amide bonds. The predicted molar refractivity (Wildman–Crippen MR) is 119 cm³/mol. The number of aliphatic hydroxyl groups excluding tert-OH is 1. The van der Waals surface area contributed by atoms with Crippen LogP contribution in [0.15, 0.2) is 15.3 Å². The van der Waals surface area contributed by atoms with Crippen LogP contribution in [0.4, 0.5) is 0 Å². The van der Waals surface area contributed by atoms with E-state index in [1.807, 2.05) is 0 Å². The third-order valence-electron chi connectivity index (χ3n) is 5.53. The van der Waals surface area contributed by atoms with Gasteiger partial charge in [-0.15, -0.1) is 0 Å². The highest BCUT2D eigenvalue weighted by molar-refractivity contribution is 5.67. The Labute approximate surface area is 209 Å². The summed E-state index contributed by atoms with van der Waals surface area (Å²) in [5.74, 6) is -2.33. The Morgan fingerprint density at radius 1 is 0.892 bits per heavy atom. The summed E-state index contributed by atoms with van der Waals surface area (Å²) in [6, 6.07) is -3.57. The molecule has 2 rings (SSSR count). The van der Waals surface area contributed by atoms with Crippen molar-refractivity contribution < 1.29 is 43.2 Å². The fourth-order valence-corrected chi connectivity index (χ4v) is 4.17. The molecule has 10 atom stereocenters. The van der Waals surface area contributed by atoms with E-state index in [4.69, 9.17) is 46.0 Å². The van der Waals surface area contributed by atoms with Gasteiger partial charge in [-0.2, -0.15) is 0 Å². The van der Waals surface area contributed by atoms with Gasteiger partial charge in [0.1, 0.15) is 18.3 Å².